The molecule has 1 aromatic heterocycles. The average Bonchev–Trinajstić information content (AvgIpc) is 3.54. The lowest BCUT2D eigenvalue weighted by Gasteiger charge is -2.29. The van der Waals surface area contributed by atoms with Gasteiger partial charge in [0.05, 0.1) is 35.7 Å². The summed E-state index contributed by atoms with van der Waals surface area (Å²) in [6.07, 6.45) is 1.79. The molecule has 3 aliphatic rings. The average molecular weight is 600 g/mol. The Morgan fingerprint density at radius 2 is 1.93 bits per heavy atom. The van der Waals surface area contributed by atoms with Crippen LogP contribution >= 0.6 is 11.3 Å². The van der Waals surface area contributed by atoms with Crippen molar-refractivity contribution < 1.29 is 37.4 Å². The molecule has 3 N–H and O–H groups in total. The van der Waals surface area contributed by atoms with Crippen molar-refractivity contribution in [1.29, 1.82) is 0 Å². The van der Waals surface area contributed by atoms with Crippen molar-refractivity contribution >= 4 is 51.0 Å². The van der Waals surface area contributed by atoms with Crippen LogP contribution in [0, 0.1) is 11.6 Å². The normalized spacial score (nSPS) is 18.6. The van der Waals surface area contributed by atoms with Gasteiger partial charge in [-0.1, -0.05) is 0 Å². The van der Waals surface area contributed by atoms with Crippen LogP contribution < -0.4 is 25.4 Å². The number of imide groups is 1. The van der Waals surface area contributed by atoms with Crippen molar-refractivity contribution in [2.45, 2.75) is 63.8 Å². The summed E-state index contributed by atoms with van der Waals surface area (Å²) in [5.41, 5.74) is -0.751. The van der Waals surface area contributed by atoms with Crippen molar-refractivity contribution in [3.8, 4) is 11.5 Å². The third-order valence-corrected chi connectivity index (χ3v) is 8.76. The van der Waals surface area contributed by atoms with Gasteiger partial charge in [-0.3, -0.25) is 19.7 Å². The lowest BCUT2D eigenvalue weighted by Crippen LogP contribution is -2.52. The van der Waals surface area contributed by atoms with Crippen LogP contribution in [-0.2, 0) is 21.7 Å². The predicted octanol–water partition coefficient (Wildman–Crippen LogP) is 3.94. The van der Waals surface area contributed by atoms with Crippen LogP contribution in [0.4, 0.5) is 19.3 Å². The van der Waals surface area contributed by atoms with E-state index >= 15 is 8.78 Å². The number of anilines is 1. The second-order valence-corrected chi connectivity index (χ2v) is 12.0. The Kier molecular flexibility index (Phi) is 6.75. The lowest BCUT2D eigenvalue weighted by atomic mass is 10.0. The molecule has 0 bridgehead atoms. The number of hydrogen-bond donors (Lipinski definition) is 3. The maximum absolute atomic E-state index is 15.5. The highest BCUT2D eigenvalue weighted by Gasteiger charge is 2.41. The minimum Gasteiger partial charge on any atom is -0.493 e. The maximum Gasteiger partial charge on any atom is 0.320 e. The Hall–Kier alpha value is -4.33. The number of piperidine rings is 1. The molecule has 2 aliphatic heterocycles. The third-order valence-electron chi connectivity index (χ3n) is 7.43. The van der Waals surface area contributed by atoms with Crippen LogP contribution in [0.25, 0.3) is 10.2 Å². The summed E-state index contributed by atoms with van der Waals surface area (Å²) in [4.78, 5) is 55.5. The molecule has 6 rings (SSSR count). The number of halogens is 2. The summed E-state index contributed by atoms with van der Waals surface area (Å²) < 4.78 is 42.1. The first-order valence-corrected chi connectivity index (χ1v) is 14.2. The number of carbonyl (C=O) groups excluding carboxylic acids is 4. The first-order chi connectivity index (χ1) is 20.0. The second-order valence-electron chi connectivity index (χ2n) is 11.0. The van der Waals surface area contributed by atoms with Crippen LogP contribution in [0.3, 0.4) is 0 Å². The van der Waals surface area contributed by atoms with Gasteiger partial charge in [0.15, 0.2) is 17.3 Å². The summed E-state index contributed by atoms with van der Waals surface area (Å²) in [5, 5.41) is 7.93. The molecule has 1 saturated carbocycles. The maximum atomic E-state index is 15.5. The highest BCUT2D eigenvalue weighted by atomic mass is 32.1. The molecule has 14 heteroatoms. The Labute approximate surface area is 242 Å². The van der Waals surface area contributed by atoms with E-state index in [1.54, 1.807) is 13.8 Å². The number of methoxy groups -OCH3 is 1. The van der Waals surface area contributed by atoms with E-state index in [9.17, 15) is 19.2 Å². The lowest BCUT2D eigenvalue weighted by molar-refractivity contribution is -0.136. The Morgan fingerprint density at radius 1 is 1.17 bits per heavy atom. The zero-order valence-corrected chi connectivity index (χ0v) is 23.7. The smallest absolute Gasteiger partial charge is 0.320 e. The molecule has 220 valence electrons. The molecule has 1 unspecified atom stereocenters. The van der Waals surface area contributed by atoms with Gasteiger partial charge in [-0.05, 0) is 45.2 Å². The molecule has 2 fully saturated rings. The van der Waals surface area contributed by atoms with Crippen molar-refractivity contribution in [2.24, 2.45) is 0 Å². The monoisotopic (exact) mass is 599 g/mol. The molecule has 1 atom stereocenters. The van der Waals surface area contributed by atoms with Crippen molar-refractivity contribution in [2.75, 3.05) is 12.4 Å². The number of nitrogens with one attached hydrogen (secondary N) is 3. The van der Waals surface area contributed by atoms with Crippen LogP contribution in [0.2, 0.25) is 0 Å². The van der Waals surface area contributed by atoms with E-state index in [2.05, 4.69) is 20.9 Å². The molecular formula is C28H27F2N5O6S. The molecule has 3 heterocycles. The molecule has 1 aliphatic carbocycles. The van der Waals surface area contributed by atoms with Crippen LogP contribution in [-0.4, -0.2) is 52.9 Å². The summed E-state index contributed by atoms with van der Waals surface area (Å²) >= 11 is 1.24. The highest BCUT2D eigenvalue weighted by molar-refractivity contribution is 7.18. The molecule has 3 aromatic rings. The fraction of sp³-hybridized carbons (Fsp3) is 0.393. The Bertz CT molecular complexity index is 1670. The largest absolute Gasteiger partial charge is 0.493 e. The van der Waals surface area contributed by atoms with Gasteiger partial charge in [-0.2, -0.15) is 4.39 Å². The van der Waals surface area contributed by atoms with E-state index in [0.717, 1.165) is 12.8 Å². The molecule has 0 radical (unpaired) electrons. The number of ether oxygens (including phenoxy) is 2. The van der Waals surface area contributed by atoms with Crippen LogP contribution in [0.5, 0.6) is 11.5 Å². The van der Waals surface area contributed by atoms with E-state index in [-0.39, 0.29) is 53.8 Å². The number of hydrogen-bond acceptors (Lipinski definition) is 8. The minimum absolute atomic E-state index is 0.00992. The van der Waals surface area contributed by atoms with E-state index in [4.69, 9.17) is 9.47 Å². The van der Waals surface area contributed by atoms with Gasteiger partial charge in [-0.15, -0.1) is 11.3 Å². The molecular weight excluding hydrogens is 572 g/mol. The van der Waals surface area contributed by atoms with E-state index in [1.807, 2.05) is 0 Å². The van der Waals surface area contributed by atoms with Crippen LogP contribution in [0.1, 0.15) is 60.5 Å². The van der Waals surface area contributed by atoms with Gasteiger partial charge < -0.3 is 25.0 Å². The number of urea groups is 1. The topological polar surface area (TPSA) is 139 Å². The van der Waals surface area contributed by atoms with Crippen LogP contribution in [0.15, 0.2) is 18.2 Å². The molecule has 1 saturated heterocycles. The quantitative estimate of drug-likeness (QED) is 0.350. The first-order valence-electron chi connectivity index (χ1n) is 13.4. The number of thiazole rings is 1. The Balaban J connectivity index is 1.20. The summed E-state index contributed by atoms with van der Waals surface area (Å²) in [6, 6.07) is 2.58. The van der Waals surface area contributed by atoms with Gasteiger partial charge in [0, 0.05) is 23.6 Å². The van der Waals surface area contributed by atoms with Crippen molar-refractivity contribution in [3.05, 3.63) is 46.0 Å². The fourth-order valence-electron chi connectivity index (χ4n) is 5.06. The van der Waals surface area contributed by atoms with Crippen molar-refractivity contribution in [1.82, 2.24) is 20.5 Å². The summed E-state index contributed by atoms with van der Waals surface area (Å²) in [5.74, 6) is -2.95. The fourth-order valence-corrected chi connectivity index (χ4v) is 6.11. The van der Waals surface area contributed by atoms with E-state index in [1.165, 1.54) is 41.5 Å². The third kappa shape index (κ3) is 4.89. The number of carbonyl (C=O) groups is 4. The number of rotatable bonds is 7. The van der Waals surface area contributed by atoms with Gasteiger partial charge in [0.1, 0.15) is 16.6 Å². The first kappa shape index (κ1) is 27.8. The summed E-state index contributed by atoms with van der Waals surface area (Å²) in [6.45, 7) is 3.23. The SMILES string of the molecule is COc1cc2sc(C(C)(C)NC(=O)Nc3ccc4c(c3F)CN(C3CCC(=O)NC3=O)C4=O)nc2c(OC2CC2)c1F. The number of aromatic nitrogens is 1. The number of fused-ring (bicyclic) bond motifs is 2. The molecule has 11 nitrogen and oxygen atoms in total. The number of nitrogens with zero attached hydrogens (tertiary/aromatic N) is 2. The van der Waals surface area contributed by atoms with Gasteiger partial charge in [0.25, 0.3) is 5.91 Å². The second kappa shape index (κ2) is 10.2. The Morgan fingerprint density at radius 3 is 2.62 bits per heavy atom. The molecule has 2 aromatic carbocycles. The van der Waals surface area contributed by atoms with Crippen molar-refractivity contribution in [3.63, 3.8) is 0 Å². The molecule has 42 heavy (non-hydrogen) atoms. The summed E-state index contributed by atoms with van der Waals surface area (Å²) in [7, 11) is 1.36. The van der Waals surface area contributed by atoms with Gasteiger partial charge in [0.2, 0.25) is 17.6 Å². The highest BCUT2D eigenvalue weighted by Crippen LogP contribution is 2.42. The number of amides is 5. The number of benzene rings is 2. The van der Waals surface area contributed by atoms with Gasteiger partial charge >= 0.3 is 6.03 Å². The van der Waals surface area contributed by atoms with Gasteiger partial charge in [-0.25, -0.2) is 14.2 Å². The predicted molar refractivity (Wildman–Crippen MR) is 147 cm³/mol. The zero-order chi connectivity index (χ0) is 29.9. The zero-order valence-electron chi connectivity index (χ0n) is 22.9. The van der Waals surface area contributed by atoms with E-state index < -0.39 is 47.0 Å². The molecule has 0 spiro atoms. The van der Waals surface area contributed by atoms with E-state index in [0.29, 0.717) is 15.2 Å². The minimum atomic E-state index is -1.06. The molecule has 5 amide bonds. The standard InChI is InChI=1S/C28H27F2N5O6S/c1-28(2,26-33-22-18(42-26)10-17(40-3)21(30)23(22)41-12-4-5-12)34-27(39)31-15-7-6-13-14(20(15)29)11-35(25(13)38)16-8-9-19(36)32-24(16)37/h6-7,10,12,16H,4-5,8-9,11H2,1-3H3,(H2,31,34,39)(H,32,36,37).